The highest BCUT2D eigenvalue weighted by Crippen LogP contribution is 2.05. The monoisotopic (exact) mass is 182 g/mol. The first kappa shape index (κ1) is 9.51. The average Bonchev–Trinajstić information content (AvgIpc) is 2.64. The van der Waals surface area contributed by atoms with E-state index in [1.165, 1.54) is 0 Å². The first-order chi connectivity index (χ1) is 6.18. The van der Waals surface area contributed by atoms with Crippen LogP contribution in [-0.4, -0.2) is 18.5 Å². The van der Waals surface area contributed by atoms with Gasteiger partial charge in [-0.05, 0) is 13.0 Å². The zero-order valence-corrected chi connectivity index (χ0v) is 7.28. The molecule has 0 bridgehead atoms. The van der Waals surface area contributed by atoms with Gasteiger partial charge in [0.15, 0.2) is 0 Å². The van der Waals surface area contributed by atoms with Crippen molar-refractivity contribution in [2.24, 2.45) is 0 Å². The van der Waals surface area contributed by atoms with Crippen molar-refractivity contribution in [1.82, 2.24) is 0 Å². The maximum atomic E-state index is 9.92. The van der Waals surface area contributed by atoms with Gasteiger partial charge in [-0.3, -0.25) is 0 Å². The molecule has 2 aliphatic rings. The van der Waals surface area contributed by atoms with Crippen molar-refractivity contribution in [1.29, 1.82) is 0 Å². The van der Waals surface area contributed by atoms with Gasteiger partial charge < -0.3 is 9.47 Å². The van der Waals surface area contributed by atoms with Gasteiger partial charge in [0, 0.05) is 18.6 Å². The Morgan fingerprint density at radius 1 is 1.23 bits per heavy atom. The largest absolute Gasteiger partial charge is 0.498 e. The molecule has 2 rings (SSSR count). The average molecular weight is 182 g/mol. The summed E-state index contributed by atoms with van der Waals surface area (Å²) in [7, 11) is 0. The maximum absolute atomic E-state index is 9.92. The number of carbonyl (C=O) groups excluding carboxylic acids is 2. The Labute approximate surface area is 75.8 Å². The number of hydrogen-bond donors (Lipinski definition) is 0. The Hall–Kier alpha value is -1.58. The molecule has 0 aliphatic carbocycles. The van der Waals surface area contributed by atoms with E-state index in [2.05, 4.69) is 10.8 Å². The van der Waals surface area contributed by atoms with Crippen molar-refractivity contribution in [3.8, 4) is 0 Å². The van der Waals surface area contributed by atoms with E-state index in [4.69, 9.17) is 4.74 Å². The molecule has 0 radical (unpaired) electrons. The molecule has 4 heteroatoms. The van der Waals surface area contributed by atoms with Crippen LogP contribution in [0.25, 0.3) is 0 Å². The second-order valence-electron chi connectivity index (χ2n) is 2.53. The standard InChI is InChI=1S/C5H8O.C4H2O3/c1-5-3-2-4-6-5;5-3-1-2-4(6)7-3/h3H,2,4H2,1H3;1-2H. The normalized spacial score (nSPS) is 18.7. The summed E-state index contributed by atoms with van der Waals surface area (Å²) in [6.45, 7) is 2.87. The number of hydrogen-bond acceptors (Lipinski definition) is 4. The van der Waals surface area contributed by atoms with Crippen LogP contribution in [0.15, 0.2) is 24.0 Å². The van der Waals surface area contributed by atoms with Crippen molar-refractivity contribution in [3.05, 3.63) is 24.0 Å². The van der Waals surface area contributed by atoms with Crippen LogP contribution in [0.1, 0.15) is 13.3 Å². The van der Waals surface area contributed by atoms with Gasteiger partial charge in [-0.25, -0.2) is 9.59 Å². The quantitative estimate of drug-likeness (QED) is 0.413. The van der Waals surface area contributed by atoms with Gasteiger partial charge in [0.1, 0.15) is 0 Å². The number of ether oxygens (including phenoxy) is 2. The summed E-state index contributed by atoms with van der Waals surface area (Å²) in [5.74, 6) is -0.0787. The molecule has 70 valence electrons. The van der Waals surface area contributed by atoms with Crippen LogP contribution in [0.4, 0.5) is 0 Å². The third-order valence-corrected chi connectivity index (χ3v) is 1.44. The van der Waals surface area contributed by atoms with E-state index in [0.29, 0.717) is 0 Å². The van der Waals surface area contributed by atoms with E-state index in [-0.39, 0.29) is 0 Å². The van der Waals surface area contributed by atoms with E-state index in [1.807, 2.05) is 6.92 Å². The first-order valence-corrected chi connectivity index (χ1v) is 3.92. The Morgan fingerprint density at radius 2 is 1.85 bits per heavy atom. The lowest BCUT2D eigenvalue weighted by atomic mass is 10.4. The molecule has 13 heavy (non-hydrogen) atoms. The third kappa shape index (κ3) is 3.55. The highest BCUT2D eigenvalue weighted by Gasteiger charge is 2.10. The molecule has 0 atom stereocenters. The predicted octanol–water partition coefficient (Wildman–Crippen LogP) is 0.936. The zero-order chi connectivity index (χ0) is 9.68. The lowest BCUT2D eigenvalue weighted by Gasteiger charge is -1.89. The molecule has 0 unspecified atom stereocenters. The number of cyclic esters (lactones) is 2. The molecule has 0 aromatic heterocycles. The molecule has 0 aromatic carbocycles. The minimum Gasteiger partial charge on any atom is -0.498 e. The van der Waals surface area contributed by atoms with Crippen LogP contribution in [0.5, 0.6) is 0 Å². The van der Waals surface area contributed by atoms with Gasteiger partial charge in [-0.2, -0.15) is 0 Å². The highest BCUT2D eigenvalue weighted by molar-refractivity contribution is 6.04. The van der Waals surface area contributed by atoms with Gasteiger partial charge in [0.25, 0.3) is 0 Å². The smallest absolute Gasteiger partial charge is 0.338 e. The van der Waals surface area contributed by atoms with Gasteiger partial charge in [0.05, 0.1) is 12.4 Å². The van der Waals surface area contributed by atoms with Crippen molar-refractivity contribution in [2.75, 3.05) is 6.61 Å². The molecular formula is C9H10O4. The fraction of sp³-hybridized carbons (Fsp3) is 0.333. The predicted molar refractivity (Wildman–Crippen MR) is 44.6 cm³/mol. The maximum Gasteiger partial charge on any atom is 0.338 e. The van der Waals surface area contributed by atoms with Crippen LogP contribution in [0.3, 0.4) is 0 Å². The molecule has 0 N–H and O–H groups in total. The van der Waals surface area contributed by atoms with Gasteiger partial charge in [-0.15, -0.1) is 0 Å². The summed E-state index contributed by atoms with van der Waals surface area (Å²) in [6, 6.07) is 0. The SMILES string of the molecule is CC1=CCCO1.O=C1C=CC(=O)O1. The van der Waals surface area contributed by atoms with Crippen molar-refractivity contribution in [3.63, 3.8) is 0 Å². The molecule has 0 saturated carbocycles. The third-order valence-electron chi connectivity index (χ3n) is 1.44. The molecule has 0 saturated heterocycles. The second kappa shape index (κ2) is 4.45. The van der Waals surface area contributed by atoms with Crippen molar-refractivity contribution >= 4 is 11.9 Å². The van der Waals surface area contributed by atoms with Crippen LogP contribution < -0.4 is 0 Å². The lowest BCUT2D eigenvalue weighted by molar-refractivity contribution is -0.150. The van der Waals surface area contributed by atoms with E-state index in [0.717, 1.165) is 30.9 Å². The Balaban J connectivity index is 0.000000132. The molecule has 0 aromatic rings. The molecule has 0 fully saturated rings. The summed E-state index contributed by atoms with van der Waals surface area (Å²) in [5, 5.41) is 0. The van der Waals surface area contributed by atoms with Gasteiger partial charge in [0.2, 0.25) is 0 Å². The minimum atomic E-state index is -0.579. The Bertz CT molecular complexity index is 259. The Kier molecular flexibility index (Phi) is 3.25. The summed E-state index contributed by atoms with van der Waals surface area (Å²) in [6.07, 6.45) is 5.37. The number of rotatable bonds is 0. The number of allylic oxidation sites excluding steroid dienone is 1. The molecule has 4 nitrogen and oxygen atoms in total. The van der Waals surface area contributed by atoms with Crippen LogP contribution >= 0.6 is 0 Å². The van der Waals surface area contributed by atoms with Gasteiger partial charge in [-0.1, -0.05) is 0 Å². The molecule has 0 amide bonds. The van der Waals surface area contributed by atoms with Gasteiger partial charge >= 0.3 is 11.9 Å². The fourth-order valence-corrected chi connectivity index (χ4v) is 0.844. The van der Waals surface area contributed by atoms with E-state index in [1.54, 1.807) is 0 Å². The fourth-order valence-electron chi connectivity index (χ4n) is 0.844. The number of carbonyl (C=O) groups is 2. The van der Waals surface area contributed by atoms with Crippen molar-refractivity contribution in [2.45, 2.75) is 13.3 Å². The summed E-state index contributed by atoms with van der Waals surface area (Å²) in [4.78, 5) is 19.8. The lowest BCUT2D eigenvalue weighted by Crippen LogP contribution is -1.96. The summed E-state index contributed by atoms with van der Waals surface area (Å²) in [5.41, 5.74) is 0. The molecule has 0 spiro atoms. The highest BCUT2D eigenvalue weighted by atomic mass is 16.6. The second-order valence-corrected chi connectivity index (χ2v) is 2.53. The zero-order valence-electron chi connectivity index (χ0n) is 7.28. The molecule has 2 aliphatic heterocycles. The first-order valence-electron chi connectivity index (χ1n) is 3.92. The minimum absolute atomic E-state index is 0.579. The topological polar surface area (TPSA) is 52.6 Å². The summed E-state index contributed by atoms with van der Waals surface area (Å²) < 4.78 is 8.99. The van der Waals surface area contributed by atoms with E-state index in [9.17, 15) is 9.59 Å². The van der Waals surface area contributed by atoms with E-state index >= 15 is 0 Å². The van der Waals surface area contributed by atoms with E-state index < -0.39 is 11.9 Å². The molecular weight excluding hydrogens is 172 g/mol. The van der Waals surface area contributed by atoms with Crippen LogP contribution in [0, 0.1) is 0 Å². The summed E-state index contributed by atoms with van der Waals surface area (Å²) >= 11 is 0. The Morgan fingerprint density at radius 3 is 2.00 bits per heavy atom. The number of esters is 2. The molecule has 2 heterocycles. The van der Waals surface area contributed by atoms with Crippen LogP contribution in [-0.2, 0) is 19.1 Å². The van der Waals surface area contributed by atoms with Crippen molar-refractivity contribution < 1.29 is 19.1 Å². The van der Waals surface area contributed by atoms with Crippen LogP contribution in [0.2, 0.25) is 0 Å².